The SMILES string of the molecule is CN(C)CCCCN=C(N)NC1CCCCC1. The van der Waals surface area contributed by atoms with E-state index in [1.54, 1.807) is 0 Å². The fourth-order valence-corrected chi connectivity index (χ4v) is 2.24. The third-order valence-corrected chi connectivity index (χ3v) is 3.25. The van der Waals surface area contributed by atoms with E-state index in [4.69, 9.17) is 5.73 Å². The van der Waals surface area contributed by atoms with Crippen molar-refractivity contribution in [1.82, 2.24) is 10.2 Å². The molecular weight excluding hydrogens is 212 g/mol. The summed E-state index contributed by atoms with van der Waals surface area (Å²) < 4.78 is 0. The van der Waals surface area contributed by atoms with Crippen molar-refractivity contribution in [3.63, 3.8) is 0 Å². The maximum atomic E-state index is 5.88. The molecule has 0 amide bonds. The first-order chi connectivity index (χ1) is 8.18. The van der Waals surface area contributed by atoms with Crippen molar-refractivity contribution in [3.8, 4) is 0 Å². The molecule has 0 aromatic heterocycles. The second-order valence-corrected chi connectivity index (χ2v) is 5.26. The summed E-state index contributed by atoms with van der Waals surface area (Å²) in [6.45, 7) is 1.98. The minimum absolute atomic E-state index is 0.564. The van der Waals surface area contributed by atoms with Gasteiger partial charge in [-0.05, 0) is 46.3 Å². The highest BCUT2D eigenvalue weighted by molar-refractivity contribution is 5.78. The number of nitrogens with two attached hydrogens (primary N) is 1. The van der Waals surface area contributed by atoms with Gasteiger partial charge < -0.3 is 16.0 Å². The van der Waals surface area contributed by atoms with Gasteiger partial charge in [0.05, 0.1) is 0 Å². The molecule has 0 saturated heterocycles. The zero-order chi connectivity index (χ0) is 12.5. The van der Waals surface area contributed by atoms with Crippen molar-refractivity contribution in [3.05, 3.63) is 0 Å². The van der Waals surface area contributed by atoms with Gasteiger partial charge in [-0.15, -0.1) is 0 Å². The van der Waals surface area contributed by atoms with Crippen LogP contribution in [0.15, 0.2) is 4.99 Å². The summed E-state index contributed by atoms with van der Waals surface area (Å²) in [5.41, 5.74) is 5.88. The van der Waals surface area contributed by atoms with E-state index in [0.29, 0.717) is 12.0 Å². The Labute approximate surface area is 106 Å². The first-order valence-corrected chi connectivity index (χ1v) is 6.89. The monoisotopic (exact) mass is 240 g/mol. The summed E-state index contributed by atoms with van der Waals surface area (Å²) in [6.07, 6.45) is 8.83. The Balaban J connectivity index is 2.07. The molecule has 1 rings (SSSR count). The normalized spacial score (nSPS) is 18.6. The molecule has 0 heterocycles. The molecule has 1 saturated carbocycles. The molecule has 4 heteroatoms. The van der Waals surface area contributed by atoms with E-state index in [-0.39, 0.29) is 0 Å². The van der Waals surface area contributed by atoms with Crippen LogP contribution in [-0.2, 0) is 0 Å². The van der Waals surface area contributed by atoms with E-state index in [2.05, 4.69) is 29.3 Å². The Morgan fingerprint density at radius 3 is 2.59 bits per heavy atom. The molecule has 0 aliphatic heterocycles. The number of nitrogens with one attached hydrogen (secondary N) is 1. The van der Waals surface area contributed by atoms with Crippen LogP contribution in [0.2, 0.25) is 0 Å². The van der Waals surface area contributed by atoms with E-state index < -0.39 is 0 Å². The second-order valence-electron chi connectivity index (χ2n) is 5.26. The van der Waals surface area contributed by atoms with Crippen molar-refractivity contribution >= 4 is 5.96 Å². The molecule has 1 aliphatic rings. The minimum atomic E-state index is 0.564. The molecule has 0 aromatic rings. The Morgan fingerprint density at radius 1 is 1.24 bits per heavy atom. The Hall–Kier alpha value is -0.770. The van der Waals surface area contributed by atoms with E-state index in [9.17, 15) is 0 Å². The fourth-order valence-electron chi connectivity index (χ4n) is 2.24. The molecule has 100 valence electrons. The smallest absolute Gasteiger partial charge is 0.188 e. The zero-order valence-corrected chi connectivity index (χ0v) is 11.4. The van der Waals surface area contributed by atoms with Crippen LogP contribution >= 0.6 is 0 Å². The Kier molecular flexibility index (Phi) is 7.01. The average molecular weight is 240 g/mol. The summed E-state index contributed by atoms with van der Waals surface area (Å²) in [6, 6.07) is 0.564. The first-order valence-electron chi connectivity index (χ1n) is 6.89. The van der Waals surface area contributed by atoms with E-state index in [1.165, 1.54) is 38.5 Å². The van der Waals surface area contributed by atoms with Gasteiger partial charge in [0.1, 0.15) is 0 Å². The van der Waals surface area contributed by atoms with Crippen molar-refractivity contribution < 1.29 is 0 Å². The lowest BCUT2D eigenvalue weighted by Crippen LogP contribution is -2.41. The van der Waals surface area contributed by atoms with Crippen molar-refractivity contribution in [2.24, 2.45) is 10.7 Å². The predicted molar refractivity (Wildman–Crippen MR) is 74.3 cm³/mol. The van der Waals surface area contributed by atoms with E-state index >= 15 is 0 Å². The van der Waals surface area contributed by atoms with Crippen LogP contribution in [0.25, 0.3) is 0 Å². The van der Waals surface area contributed by atoms with Gasteiger partial charge in [-0.2, -0.15) is 0 Å². The molecule has 0 atom stereocenters. The molecule has 3 N–H and O–H groups in total. The standard InChI is InChI=1S/C13H28N4/c1-17(2)11-7-6-10-15-13(14)16-12-8-4-3-5-9-12/h12H,3-11H2,1-2H3,(H3,14,15,16). The van der Waals surface area contributed by atoms with Gasteiger partial charge in [-0.25, -0.2) is 0 Å². The van der Waals surface area contributed by atoms with E-state index in [0.717, 1.165) is 19.5 Å². The molecule has 0 bridgehead atoms. The first kappa shape index (κ1) is 14.3. The maximum Gasteiger partial charge on any atom is 0.188 e. The second kappa shape index (κ2) is 8.34. The third kappa shape index (κ3) is 7.21. The summed E-state index contributed by atoms with van der Waals surface area (Å²) in [7, 11) is 4.20. The molecular formula is C13H28N4. The molecule has 4 nitrogen and oxygen atoms in total. The van der Waals surface area contributed by atoms with Crippen molar-refractivity contribution in [2.75, 3.05) is 27.2 Å². The number of hydrogen-bond acceptors (Lipinski definition) is 2. The van der Waals surface area contributed by atoms with Crippen molar-refractivity contribution in [1.29, 1.82) is 0 Å². The quantitative estimate of drug-likeness (QED) is 0.421. The predicted octanol–water partition coefficient (Wildman–Crippen LogP) is 1.57. The summed E-state index contributed by atoms with van der Waals surface area (Å²) in [5, 5.41) is 3.34. The third-order valence-electron chi connectivity index (χ3n) is 3.25. The van der Waals surface area contributed by atoms with Gasteiger partial charge in [0.2, 0.25) is 0 Å². The zero-order valence-electron chi connectivity index (χ0n) is 11.4. The van der Waals surface area contributed by atoms with E-state index in [1.807, 2.05) is 0 Å². The van der Waals surface area contributed by atoms with Gasteiger partial charge in [-0.3, -0.25) is 4.99 Å². The van der Waals surface area contributed by atoms with Crippen LogP contribution in [0.4, 0.5) is 0 Å². The van der Waals surface area contributed by atoms with Crippen LogP contribution < -0.4 is 11.1 Å². The maximum absolute atomic E-state index is 5.88. The van der Waals surface area contributed by atoms with Crippen LogP contribution in [0.1, 0.15) is 44.9 Å². The van der Waals surface area contributed by atoms with Crippen LogP contribution in [0.5, 0.6) is 0 Å². The summed E-state index contributed by atoms with van der Waals surface area (Å²) in [4.78, 5) is 6.58. The minimum Gasteiger partial charge on any atom is -0.370 e. The lowest BCUT2D eigenvalue weighted by molar-refractivity contribution is 0.395. The number of nitrogens with zero attached hydrogens (tertiary/aromatic N) is 2. The summed E-state index contributed by atoms with van der Waals surface area (Å²) in [5.74, 6) is 0.641. The highest BCUT2D eigenvalue weighted by Crippen LogP contribution is 2.16. The van der Waals surface area contributed by atoms with Crippen LogP contribution in [0.3, 0.4) is 0 Å². The molecule has 17 heavy (non-hydrogen) atoms. The van der Waals surface area contributed by atoms with Gasteiger partial charge in [-0.1, -0.05) is 19.3 Å². The van der Waals surface area contributed by atoms with Gasteiger partial charge >= 0.3 is 0 Å². The van der Waals surface area contributed by atoms with Gasteiger partial charge in [0, 0.05) is 12.6 Å². The number of guanidine groups is 1. The fraction of sp³-hybridized carbons (Fsp3) is 0.923. The molecule has 0 spiro atoms. The lowest BCUT2D eigenvalue weighted by atomic mass is 9.96. The number of hydrogen-bond donors (Lipinski definition) is 2. The van der Waals surface area contributed by atoms with Crippen LogP contribution in [-0.4, -0.2) is 44.1 Å². The largest absolute Gasteiger partial charge is 0.370 e. The highest BCUT2D eigenvalue weighted by Gasteiger charge is 2.12. The molecule has 0 aromatic carbocycles. The number of rotatable bonds is 6. The number of unbranched alkanes of at least 4 members (excludes halogenated alkanes) is 1. The molecule has 0 unspecified atom stereocenters. The van der Waals surface area contributed by atoms with Gasteiger partial charge in [0.25, 0.3) is 0 Å². The lowest BCUT2D eigenvalue weighted by Gasteiger charge is -2.23. The number of aliphatic imine (C=N–C) groups is 1. The van der Waals surface area contributed by atoms with Gasteiger partial charge in [0.15, 0.2) is 5.96 Å². The topological polar surface area (TPSA) is 53.6 Å². The summed E-state index contributed by atoms with van der Waals surface area (Å²) >= 11 is 0. The molecule has 1 aliphatic carbocycles. The highest BCUT2D eigenvalue weighted by atomic mass is 15.1. The average Bonchev–Trinajstić information content (AvgIpc) is 2.29. The Morgan fingerprint density at radius 2 is 1.94 bits per heavy atom. The van der Waals surface area contributed by atoms with Crippen LogP contribution in [0, 0.1) is 0 Å². The Bertz CT molecular complexity index is 219. The van der Waals surface area contributed by atoms with Crippen molar-refractivity contribution in [2.45, 2.75) is 51.0 Å². The molecule has 0 radical (unpaired) electrons. The molecule has 1 fully saturated rings.